The van der Waals surface area contributed by atoms with Crippen LogP contribution < -0.4 is 0 Å². The Bertz CT molecular complexity index is 559. The van der Waals surface area contributed by atoms with Crippen LogP contribution in [-0.2, 0) is 5.60 Å². The molecule has 1 aliphatic heterocycles. The number of likely N-dealkylation sites (tertiary alicyclic amines) is 1. The van der Waals surface area contributed by atoms with Gasteiger partial charge in [0.2, 0.25) is 0 Å². The van der Waals surface area contributed by atoms with Gasteiger partial charge in [-0.15, -0.1) is 0 Å². The van der Waals surface area contributed by atoms with Gasteiger partial charge in [-0.05, 0) is 32.0 Å². The molecule has 0 amide bonds. The Morgan fingerprint density at radius 3 is 2.72 bits per heavy atom. The summed E-state index contributed by atoms with van der Waals surface area (Å²) in [5, 5.41) is 11.9. The molecule has 1 aromatic carbocycles. The van der Waals surface area contributed by atoms with E-state index < -0.39 is 5.60 Å². The van der Waals surface area contributed by atoms with Crippen LogP contribution in [0.15, 0.2) is 36.5 Å². The van der Waals surface area contributed by atoms with Crippen molar-refractivity contribution in [3.63, 3.8) is 0 Å². The van der Waals surface area contributed by atoms with Crippen molar-refractivity contribution in [1.82, 2.24) is 9.88 Å². The minimum absolute atomic E-state index is 0.705. The molecule has 1 fully saturated rings. The van der Waals surface area contributed by atoms with Gasteiger partial charge in [-0.3, -0.25) is 4.98 Å². The number of aliphatic hydroxyl groups is 1. The standard InChI is InChI=1S/C15H18N2O/c1-17-8-6-15(18,7-9-17)13-10-12-4-2-3-5-14(12)16-11-13/h2-5,10-11,18H,6-9H2,1H3. The van der Waals surface area contributed by atoms with Gasteiger partial charge in [0.25, 0.3) is 0 Å². The molecule has 0 saturated carbocycles. The molecular weight excluding hydrogens is 224 g/mol. The molecule has 0 atom stereocenters. The lowest BCUT2D eigenvalue weighted by Crippen LogP contribution is -2.40. The Morgan fingerprint density at radius 1 is 1.22 bits per heavy atom. The Hall–Kier alpha value is -1.45. The highest BCUT2D eigenvalue weighted by Gasteiger charge is 2.33. The van der Waals surface area contributed by atoms with E-state index in [0.29, 0.717) is 0 Å². The van der Waals surface area contributed by atoms with E-state index in [0.717, 1.165) is 42.4 Å². The van der Waals surface area contributed by atoms with E-state index in [2.05, 4.69) is 23.0 Å². The van der Waals surface area contributed by atoms with Crippen LogP contribution in [0.4, 0.5) is 0 Å². The normalized spacial score (nSPS) is 20.1. The van der Waals surface area contributed by atoms with Crippen molar-refractivity contribution in [3.8, 4) is 0 Å². The first-order valence-electron chi connectivity index (χ1n) is 6.44. The first-order chi connectivity index (χ1) is 8.67. The number of nitrogens with zero attached hydrogens (tertiary/aromatic N) is 2. The molecule has 94 valence electrons. The van der Waals surface area contributed by atoms with Gasteiger partial charge in [-0.2, -0.15) is 0 Å². The lowest BCUT2D eigenvalue weighted by atomic mass is 9.85. The smallest absolute Gasteiger partial charge is 0.0935 e. The Morgan fingerprint density at radius 2 is 1.94 bits per heavy atom. The predicted octanol–water partition coefficient (Wildman–Crippen LogP) is 2.15. The summed E-state index contributed by atoms with van der Waals surface area (Å²) in [5.41, 5.74) is 1.23. The van der Waals surface area contributed by atoms with E-state index in [-0.39, 0.29) is 0 Å². The molecule has 2 aromatic rings. The Labute approximate surface area is 107 Å². The van der Waals surface area contributed by atoms with Crippen LogP contribution in [0.5, 0.6) is 0 Å². The summed E-state index contributed by atoms with van der Waals surface area (Å²) in [7, 11) is 2.10. The van der Waals surface area contributed by atoms with Crippen molar-refractivity contribution in [2.24, 2.45) is 0 Å². The number of fused-ring (bicyclic) bond motifs is 1. The maximum absolute atomic E-state index is 10.8. The molecule has 2 heterocycles. The van der Waals surface area contributed by atoms with Crippen LogP contribution in [0, 0.1) is 0 Å². The zero-order chi connectivity index (χ0) is 12.6. The molecule has 1 saturated heterocycles. The number of hydrogen-bond donors (Lipinski definition) is 1. The topological polar surface area (TPSA) is 36.4 Å². The average Bonchev–Trinajstić information content (AvgIpc) is 2.42. The monoisotopic (exact) mass is 242 g/mol. The highest BCUT2D eigenvalue weighted by Crippen LogP contribution is 2.33. The molecule has 18 heavy (non-hydrogen) atoms. The minimum Gasteiger partial charge on any atom is -0.385 e. The summed E-state index contributed by atoms with van der Waals surface area (Å²) in [6, 6.07) is 10.1. The zero-order valence-corrected chi connectivity index (χ0v) is 10.6. The van der Waals surface area contributed by atoms with E-state index in [1.54, 1.807) is 0 Å². The van der Waals surface area contributed by atoms with Crippen molar-refractivity contribution in [2.45, 2.75) is 18.4 Å². The van der Waals surface area contributed by atoms with Crippen molar-refractivity contribution in [3.05, 3.63) is 42.1 Å². The molecule has 0 spiro atoms. The number of benzene rings is 1. The van der Waals surface area contributed by atoms with Gasteiger partial charge in [-0.25, -0.2) is 0 Å². The second-order valence-corrected chi connectivity index (χ2v) is 5.25. The summed E-state index contributed by atoms with van der Waals surface area (Å²) >= 11 is 0. The lowest BCUT2D eigenvalue weighted by molar-refractivity contribution is -0.0204. The largest absolute Gasteiger partial charge is 0.385 e. The van der Waals surface area contributed by atoms with E-state index in [4.69, 9.17) is 0 Å². The summed E-state index contributed by atoms with van der Waals surface area (Å²) in [6.45, 7) is 1.87. The van der Waals surface area contributed by atoms with Crippen LogP contribution in [0.25, 0.3) is 10.9 Å². The highest BCUT2D eigenvalue weighted by molar-refractivity contribution is 5.78. The zero-order valence-electron chi connectivity index (χ0n) is 10.6. The lowest BCUT2D eigenvalue weighted by Gasteiger charge is -2.36. The molecule has 1 aliphatic rings. The fourth-order valence-electron chi connectivity index (χ4n) is 2.60. The maximum Gasteiger partial charge on any atom is 0.0935 e. The third-order valence-electron chi connectivity index (χ3n) is 3.94. The minimum atomic E-state index is -0.705. The van der Waals surface area contributed by atoms with Crippen LogP contribution in [0.1, 0.15) is 18.4 Å². The maximum atomic E-state index is 10.8. The first-order valence-corrected chi connectivity index (χ1v) is 6.44. The Kier molecular flexibility index (Phi) is 2.80. The fourth-order valence-corrected chi connectivity index (χ4v) is 2.60. The van der Waals surface area contributed by atoms with Gasteiger partial charge in [0, 0.05) is 30.2 Å². The summed E-state index contributed by atoms with van der Waals surface area (Å²) in [4.78, 5) is 6.70. The van der Waals surface area contributed by atoms with Crippen LogP contribution in [0.2, 0.25) is 0 Å². The SMILES string of the molecule is CN1CCC(O)(c2cnc3ccccc3c2)CC1. The van der Waals surface area contributed by atoms with Gasteiger partial charge in [0.15, 0.2) is 0 Å². The summed E-state index contributed by atoms with van der Waals surface area (Å²) in [5.74, 6) is 0. The van der Waals surface area contributed by atoms with Gasteiger partial charge in [0.05, 0.1) is 11.1 Å². The molecule has 0 bridgehead atoms. The summed E-state index contributed by atoms with van der Waals surface area (Å²) in [6.07, 6.45) is 3.39. The number of aromatic nitrogens is 1. The molecule has 3 rings (SSSR count). The molecule has 1 N–H and O–H groups in total. The first kappa shape index (κ1) is 11.6. The molecule has 0 radical (unpaired) electrons. The van der Waals surface area contributed by atoms with Crippen molar-refractivity contribution < 1.29 is 5.11 Å². The molecular formula is C15H18N2O. The molecule has 1 aromatic heterocycles. The third-order valence-corrected chi connectivity index (χ3v) is 3.94. The second-order valence-electron chi connectivity index (χ2n) is 5.25. The highest BCUT2D eigenvalue weighted by atomic mass is 16.3. The van der Waals surface area contributed by atoms with Crippen LogP contribution in [0.3, 0.4) is 0 Å². The molecule has 0 unspecified atom stereocenters. The number of para-hydroxylation sites is 1. The van der Waals surface area contributed by atoms with Crippen molar-refractivity contribution >= 4 is 10.9 Å². The summed E-state index contributed by atoms with van der Waals surface area (Å²) < 4.78 is 0. The third kappa shape index (κ3) is 2.00. The quantitative estimate of drug-likeness (QED) is 0.832. The number of piperidine rings is 1. The van der Waals surface area contributed by atoms with Gasteiger partial charge < -0.3 is 10.0 Å². The van der Waals surface area contributed by atoms with Gasteiger partial charge in [-0.1, -0.05) is 18.2 Å². The fraction of sp³-hybridized carbons (Fsp3) is 0.400. The van der Waals surface area contributed by atoms with Crippen LogP contribution in [-0.4, -0.2) is 35.1 Å². The molecule has 0 aliphatic carbocycles. The predicted molar refractivity (Wildman–Crippen MR) is 72.4 cm³/mol. The van der Waals surface area contributed by atoms with E-state index in [1.807, 2.05) is 30.5 Å². The van der Waals surface area contributed by atoms with Crippen molar-refractivity contribution in [2.75, 3.05) is 20.1 Å². The Balaban J connectivity index is 1.98. The van der Waals surface area contributed by atoms with E-state index in [1.165, 1.54) is 0 Å². The van der Waals surface area contributed by atoms with Crippen molar-refractivity contribution in [1.29, 1.82) is 0 Å². The number of rotatable bonds is 1. The molecule has 3 nitrogen and oxygen atoms in total. The van der Waals surface area contributed by atoms with Gasteiger partial charge in [0.1, 0.15) is 0 Å². The second kappa shape index (κ2) is 4.34. The van der Waals surface area contributed by atoms with E-state index in [9.17, 15) is 5.11 Å². The van der Waals surface area contributed by atoms with E-state index >= 15 is 0 Å². The van der Waals surface area contributed by atoms with Crippen LogP contribution >= 0.6 is 0 Å². The number of hydrogen-bond acceptors (Lipinski definition) is 3. The van der Waals surface area contributed by atoms with Gasteiger partial charge >= 0.3 is 0 Å². The average molecular weight is 242 g/mol. The number of pyridine rings is 1. The molecule has 3 heteroatoms.